The summed E-state index contributed by atoms with van der Waals surface area (Å²) in [6.45, 7) is 6.48. The van der Waals surface area contributed by atoms with Crippen LogP contribution in [0, 0.1) is 12.7 Å². The summed E-state index contributed by atoms with van der Waals surface area (Å²) in [6.07, 6.45) is 0. The molecule has 0 amide bonds. The van der Waals surface area contributed by atoms with E-state index in [4.69, 9.17) is 4.74 Å². The summed E-state index contributed by atoms with van der Waals surface area (Å²) in [5, 5.41) is 3.22. The maximum Gasteiger partial charge on any atom is 0.134 e. The second-order valence-corrected chi connectivity index (χ2v) is 5.12. The van der Waals surface area contributed by atoms with Gasteiger partial charge >= 0.3 is 0 Å². The van der Waals surface area contributed by atoms with Crippen molar-refractivity contribution < 1.29 is 9.13 Å². The van der Waals surface area contributed by atoms with Crippen LogP contribution in [-0.4, -0.2) is 6.04 Å². The molecule has 1 N–H and O–H groups in total. The van der Waals surface area contributed by atoms with Gasteiger partial charge in [-0.2, -0.15) is 0 Å². The van der Waals surface area contributed by atoms with Gasteiger partial charge in [0.15, 0.2) is 0 Å². The topological polar surface area (TPSA) is 21.3 Å². The van der Waals surface area contributed by atoms with Crippen LogP contribution in [0.15, 0.2) is 42.5 Å². The van der Waals surface area contributed by atoms with Crippen molar-refractivity contribution in [2.24, 2.45) is 0 Å². The number of ether oxygens (including phenoxy) is 1. The molecule has 3 heteroatoms. The Kier molecular flexibility index (Phi) is 4.74. The van der Waals surface area contributed by atoms with Crippen LogP contribution < -0.4 is 10.1 Å². The Bertz CT molecular complexity index is 581. The molecule has 2 rings (SSSR count). The van der Waals surface area contributed by atoms with Crippen molar-refractivity contribution >= 4 is 0 Å². The molecule has 2 aromatic rings. The predicted octanol–water partition coefficient (Wildman–Crippen LogP) is 4.42. The van der Waals surface area contributed by atoms with E-state index in [0.717, 1.165) is 11.3 Å². The normalized spacial score (nSPS) is 10.8. The van der Waals surface area contributed by atoms with Gasteiger partial charge in [-0.05, 0) is 30.7 Å². The zero-order chi connectivity index (χ0) is 14.5. The fourth-order valence-corrected chi connectivity index (χ4v) is 1.90. The van der Waals surface area contributed by atoms with E-state index in [1.54, 1.807) is 12.1 Å². The highest BCUT2D eigenvalue weighted by Gasteiger charge is 2.11. The molecule has 0 heterocycles. The average molecular weight is 273 g/mol. The lowest BCUT2D eigenvalue weighted by molar-refractivity contribution is 0.455. The largest absolute Gasteiger partial charge is 0.457 e. The SMILES string of the molecule is Cc1ccccc1Oc1cccc(F)c1CNC(C)C. The van der Waals surface area contributed by atoms with Crippen LogP contribution in [0.2, 0.25) is 0 Å². The van der Waals surface area contributed by atoms with Crippen molar-refractivity contribution in [3.8, 4) is 11.5 Å². The lowest BCUT2D eigenvalue weighted by Gasteiger charge is -2.15. The van der Waals surface area contributed by atoms with Gasteiger partial charge in [-0.25, -0.2) is 4.39 Å². The number of hydrogen-bond acceptors (Lipinski definition) is 2. The summed E-state index contributed by atoms with van der Waals surface area (Å²) < 4.78 is 19.9. The third kappa shape index (κ3) is 3.58. The maximum absolute atomic E-state index is 14.0. The Balaban J connectivity index is 2.27. The van der Waals surface area contributed by atoms with Crippen molar-refractivity contribution in [2.45, 2.75) is 33.4 Å². The summed E-state index contributed by atoms with van der Waals surface area (Å²) in [6, 6.07) is 12.9. The highest BCUT2D eigenvalue weighted by atomic mass is 19.1. The number of hydrogen-bond donors (Lipinski definition) is 1. The summed E-state index contributed by atoms with van der Waals surface area (Å²) >= 11 is 0. The molecule has 0 saturated heterocycles. The van der Waals surface area contributed by atoms with Gasteiger partial charge in [-0.15, -0.1) is 0 Å². The Labute approximate surface area is 119 Å². The zero-order valence-electron chi connectivity index (χ0n) is 12.1. The molecule has 0 fully saturated rings. The Morgan fingerprint density at radius 2 is 1.75 bits per heavy atom. The first kappa shape index (κ1) is 14.5. The number of nitrogens with one attached hydrogen (secondary N) is 1. The van der Waals surface area contributed by atoms with E-state index in [-0.39, 0.29) is 5.82 Å². The van der Waals surface area contributed by atoms with Crippen LogP contribution in [-0.2, 0) is 6.54 Å². The van der Waals surface area contributed by atoms with E-state index in [2.05, 4.69) is 5.32 Å². The third-order valence-electron chi connectivity index (χ3n) is 3.08. The minimum Gasteiger partial charge on any atom is -0.457 e. The van der Waals surface area contributed by atoms with Crippen LogP contribution in [0.25, 0.3) is 0 Å². The average Bonchev–Trinajstić information content (AvgIpc) is 2.40. The second-order valence-electron chi connectivity index (χ2n) is 5.12. The van der Waals surface area contributed by atoms with Crippen molar-refractivity contribution in [3.05, 3.63) is 59.4 Å². The molecule has 2 aromatic carbocycles. The summed E-state index contributed by atoms with van der Waals surface area (Å²) in [5.41, 5.74) is 1.59. The van der Waals surface area contributed by atoms with Crippen molar-refractivity contribution in [1.29, 1.82) is 0 Å². The molecule has 0 aliphatic carbocycles. The maximum atomic E-state index is 14.0. The lowest BCUT2D eigenvalue weighted by atomic mass is 10.1. The van der Waals surface area contributed by atoms with Gasteiger partial charge < -0.3 is 10.1 Å². The fraction of sp³-hybridized carbons (Fsp3) is 0.294. The van der Waals surface area contributed by atoms with Crippen molar-refractivity contribution in [1.82, 2.24) is 5.32 Å². The van der Waals surface area contributed by atoms with Crippen LogP contribution in [0.4, 0.5) is 4.39 Å². The van der Waals surface area contributed by atoms with Gasteiger partial charge in [-0.3, -0.25) is 0 Å². The second kappa shape index (κ2) is 6.53. The molecule has 0 spiro atoms. The number of aryl methyl sites for hydroxylation is 1. The van der Waals surface area contributed by atoms with Crippen molar-refractivity contribution in [2.75, 3.05) is 0 Å². The first-order valence-corrected chi connectivity index (χ1v) is 6.82. The number of rotatable bonds is 5. The van der Waals surface area contributed by atoms with Crippen LogP contribution in [0.1, 0.15) is 25.0 Å². The number of halogens is 1. The lowest BCUT2D eigenvalue weighted by Crippen LogP contribution is -2.22. The summed E-state index contributed by atoms with van der Waals surface area (Å²) in [7, 11) is 0. The molecule has 106 valence electrons. The van der Waals surface area contributed by atoms with Gasteiger partial charge in [0, 0.05) is 18.2 Å². The molecule has 0 aliphatic rings. The Morgan fingerprint density at radius 3 is 2.45 bits per heavy atom. The van der Waals surface area contributed by atoms with E-state index >= 15 is 0 Å². The predicted molar refractivity (Wildman–Crippen MR) is 79.6 cm³/mol. The quantitative estimate of drug-likeness (QED) is 0.870. The van der Waals surface area contributed by atoms with Gasteiger partial charge in [-0.1, -0.05) is 38.1 Å². The van der Waals surface area contributed by atoms with Gasteiger partial charge in [0.25, 0.3) is 0 Å². The minimum atomic E-state index is -0.246. The molecule has 0 aromatic heterocycles. The molecule has 0 atom stereocenters. The van der Waals surface area contributed by atoms with E-state index < -0.39 is 0 Å². The molecule has 20 heavy (non-hydrogen) atoms. The van der Waals surface area contributed by atoms with Crippen molar-refractivity contribution in [3.63, 3.8) is 0 Å². The number of para-hydroxylation sites is 1. The summed E-state index contributed by atoms with van der Waals surface area (Å²) in [4.78, 5) is 0. The van der Waals surface area contributed by atoms with Crippen LogP contribution >= 0.6 is 0 Å². The Morgan fingerprint density at radius 1 is 1.05 bits per heavy atom. The monoisotopic (exact) mass is 273 g/mol. The Hall–Kier alpha value is -1.87. The number of benzene rings is 2. The first-order valence-electron chi connectivity index (χ1n) is 6.82. The smallest absolute Gasteiger partial charge is 0.134 e. The fourth-order valence-electron chi connectivity index (χ4n) is 1.90. The molecule has 0 unspecified atom stereocenters. The van der Waals surface area contributed by atoms with Crippen LogP contribution in [0.3, 0.4) is 0 Å². The highest BCUT2D eigenvalue weighted by Crippen LogP contribution is 2.29. The molecular formula is C17H20FNO. The zero-order valence-corrected chi connectivity index (χ0v) is 12.1. The molecule has 0 radical (unpaired) electrons. The first-order chi connectivity index (χ1) is 9.58. The van der Waals surface area contributed by atoms with E-state index in [0.29, 0.717) is 23.9 Å². The summed E-state index contributed by atoms with van der Waals surface area (Å²) in [5.74, 6) is 1.07. The molecule has 0 aliphatic heterocycles. The molecule has 2 nitrogen and oxygen atoms in total. The highest BCUT2D eigenvalue weighted by molar-refractivity contribution is 5.41. The van der Waals surface area contributed by atoms with Gasteiger partial charge in [0.2, 0.25) is 0 Å². The standard InChI is InChI=1S/C17H20FNO/c1-12(2)19-11-14-15(18)8-6-10-17(14)20-16-9-5-4-7-13(16)3/h4-10,12,19H,11H2,1-3H3. The molecular weight excluding hydrogens is 253 g/mol. The van der Waals surface area contributed by atoms with E-state index in [1.165, 1.54) is 6.07 Å². The van der Waals surface area contributed by atoms with E-state index in [9.17, 15) is 4.39 Å². The third-order valence-corrected chi connectivity index (χ3v) is 3.08. The van der Waals surface area contributed by atoms with Gasteiger partial charge in [0.05, 0.1) is 0 Å². The van der Waals surface area contributed by atoms with Gasteiger partial charge in [0.1, 0.15) is 17.3 Å². The van der Waals surface area contributed by atoms with E-state index in [1.807, 2.05) is 45.0 Å². The molecule has 0 bridgehead atoms. The minimum absolute atomic E-state index is 0.246. The van der Waals surface area contributed by atoms with Crippen LogP contribution in [0.5, 0.6) is 11.5 Å². The molecule has 0 saturated carbocycles.